The third kappa shape index (κ3) is 4.73. The molecule has 9 heteroatoms. The third-order valence-electron chi connectivity index (χ3n) is 6.32. The normalized spacial score (nSPS) is 14.4. The molecular weight excluding hydrogens is 456 g/mol. The SMILES string of the molecule is COc1cccc2c1nc(N)n1nc(Cc3ccc(N4CCN(C(=O)OC(C)(C)C)CC4)cc3)cc21. The van der Waals surface area contributed by atoms with Crippen LogP contribution in [-0.4, -0.2) is 64.5 Å². The smallest absolute Gasteiger partial charge is 0.410 e. The Morgan fingerprint density at radius 2 is 1.78 bits per heavy atom. The van der Waals surface area contributed by atoms with Crippen LogP contribution in [0.1, 0.15) is 32.0 Å². The standard InChI is InChI=1S/C27H32N6O3/c1-27(2,3)36-26(34)32-14-12-31(13-15-32)20-10-8-18(9-11-20)16-19-17-22-21-6-5-7-23(35-4)24(21)29-25(28)33(22)30-19/h5-11,17H,12-16H2,1-4H3,(H2,28,29). The number of nitrogen functional groups attached to an aromatic ring is 1. The molecule has 0 atom stereocenters. The number of piperazine rings is 1. The highest BCUT2D eigenvalue weighted by Gasteiger charge is 2.26. The summed E-state index contributed by atoms with van der Waals surface area (Å²) in [6, 6.07) is 16.4. The van der Waals surface area contributed by atoms with Crippen molar-refractivity contribution in [3.05, 3.63) is 59.8 Å². The van der Waals surface area contributed by atoms with Crippen molar-refractivity contribution in [2.45, 2.75) is 32.8 Å². The van der Waals surface area contributed by atoms with Crippen LogP contribution in [0.15, 0.2) is 48.5 Å². The number of anilines is 2. The van der Waals surface area contributed by atoms with E-state index in [9.17, 15) is 4.79 Å². The molecule has 2 aromatic heterocycles. The molecule has 188 valence electrons. The number of methoxy groups -OCH3 is 1. The van der Waals surface area contributed by atoms with Gasteiger partial charge in [-0.25, -0.2) is 9.78 Å². The van der Waals surface area contributed by atoms with Gasteiger partial charge in [0, 0.05) is 43.7 Å². The Bertz CT molecular complexity index is 1400. The summed E-state index contributed by atoms with van der Waals surface area (Å²) >= 11 is 0. The zero-order valence-corrected chi connectivity index (χ0v) is 21.2. The van der Waals surface area contributed by atoms with E-state index in [1.165, 1.54) is 0 Å². The van der Waals surface area contributed by atoms with E-state index in [-0.39, 0.29) is 6.09 Å². The molecule has 1 fully saturated rings. The highest BCUT2D eigenvalue weighted by atomic mass is 16.6. The van der Waals surface area contributed by atoms with E-state index in [0.717, 1.165) is 46.5 Å². The summed E-state index contributed by atoms with van der Waals surface area (Å²) in [5.74, 6) is 1.01. The number of aromatic nitrogens is 3. The molecule has 0 spiro atoms. The second-order valence-corrected chi connectivity index (χ2v) is 10.1. The molecule has 0 bridgehead atoms. The van der Waals surface area contributed by atoms with Crippen molar-refractivity contribution >= 4 is 34.1 Å². The van der Waals surface area contributed by atoms with Crippen molar-refractivity contribution in [1.82, 2.24) is 19.5 Å². The van der Waals surface area contributed by atoms with Gasteiger partial charge in [0.15, 0.2) is 0 Å². The molecule has 0 aliphatic carbocycles. The molecule has 1 amide bonds. The Balaban J connectivity index is 1.28. The van der Waals surface area contributed by atoms with Crippen LogP contribution in [0.25, 0.3) is 16.4 Å². The fourth-order valence-electron chi connectivity index (χ4n) is 4.56. The van der Waals surface area contributed by atoms with Gasteiger partial charge in [-0.1, -0.05) is 24.3 Å². The van der Waals surface area contributed by atoms with E-state index in [1.807, 2.05) is 39.0 Å². The van der Waals surface area contributed by atoms with Gasteiger partial charge >= 0.3 is 6.09 Å². The lowest BCUT2D eigenvalue weighted by Crippen LogP contribution is -2.50. The number of benzene rings is 2. The van der Waals surface area contributed by atoms with E-state index in [0.29, 0.717) is 31.2 Å². The van der Waals surface area contributed by atoms with Gasteiger partial charge in [0.2, 0.25) is 5.95 Å². The first kappa shape index (κ1) is 23.7. The number of nitrogens with zero attached hydrogens (tertiary/aromatic N) is 5. The van der Waals surface area contributed by atoms with Crippen molar-refractivity contribution in [2.24, 2.45) is 0 Å². The fraction of sp³-hybridized carbons (Fsp3) is 0.370. The van der Waals surface area contributed by atoms with Gasteiger partial charge in [-0.3, -0.25) is 0 Å². The number of fused-ring (bicyclic) bond motifs is 3. The number of hydrogen-bond donors (Lipinski definition) is 1. The molecule has 36 heavy (non-hydrogen) atoms. The minimum absolute atomic E-state index is 0.244. The molecule has 0 radical (unpaired) electrons. The highest BCUT2D eigenvalue weighted by molar-refractivity contribution is 5.97. The fourth-order valence-corrected chi connectivity index (χ4v) is 4.56. The monoisotopic (exact) mass is 488 g/mol. The minimum Gasteiger partial charge on any atom is -0.494 e. The molecule has 1 aliphatic heterocycles. The lowest BCUT2D eigenvalue weighted by Gasteiger charge is -2.36. The van der Waals surface area contributed by atoms with Crippen molar-refractivity contribution in [1.29, 1.82) is 0 Å². The van der Waals surface area contributed by atoms with Crippen LogP contribution in [-0.2, 0) is 11.2 Å². The minimum atomic E-state index is -0.479. The molecule has 0 unspecified atom stereocenters. The van der Waals surface area contributed by atoms with Gasteiger partial charge in [0.25, 0.3) is 0 Å². The Labute approximate surface area is 210 Å². The number of para-hydroxylation sites is 1. The summed E-state index contributed by atoms with van der Waals surface area (Å²) in [6.45, 7) is 8.50. The number of carbonyl (C=O) groups excluding carboxylic acids is 1. The first-order valence-corrected chi connectivity index (χ1v) is 12.1. The lowest BCUT2D eigenvalue weighted by atomic mass is 10.1. The average molecular weight is 489 g/mol. The van der Waals surface area contributed by atoms with Crippen molar-refractivity contribution in [3.63, 3.8) is 0 Å². The number of ether oxygens (including phenoxy) is 2. The predicted molar refractivity (Wildman–Crippen MR) is 141 cm³/mol. The quantitative estimate of drug-likeness (QED) is 0.461. The van der Waals surface area contributed by atoms with E-state index >= 15 is 0 Å². The summed E-state index contributed by atoms with van der Waals surface area (Å²) in [6.07, 6.45) is 0.436. The van der Waals surface area contributed by atoms with Crippen LogP contribution in [0, 0.1) is 0 Å². The Morgan fingerprint density at radius 3 is 2.44 bits per heavy atom. The number of carbonyl (C=O) groups is 1. The van der Waals surface area contributed by atoms with Gasteiger partial charge in [0.1, 0.15) is 16.9 Å². The first-order valence-electron chi connectivity index (χ1n) is 12.1. The van der Waals surface area contributed by atoms with E-state index in [1.54, 1.807) is 16.5 Å². The van der Waals surface area contributed by atoms with Crippen LogP contribution >= 0.6 is 0 Å². The second kappa shape index (κ2) is 9.22. The number of nitrogens with two attached hydrogens (primary N) is 1. The zero-order valence-electron chi connectivity index (χ0n) is 21.2. The maximum atomic E-state index is 12.3. The summed E-state index contributed by atoms with van der Waals surface area (Å²) in [7, 11) is 1.63. The maximum Gasteiger partial charge on any atom is 0.410 e. The second-order valence-electron chi connectivity index (χ2n) is 10.1. The van der Waals surface area contributed by atoms with Gasteiger partial charge in [0.05, 0.1) is 18.3 Å². The van der Waals surface area contributed by atoms with Crippen LogP contribution in [0.2, 0.25) is 0 Å². The van der Waals surface area contributed by atoms with Crippen molar-refractivity contribution in [2.75, 3.05) is 43.9 Å². The largest absolute Gasteiger partial charge is 0.494 e. The van der Waals surface area contributed by atoms with Gasteiger partial charge in [-0.05, 0) is 50.6 Å². The molecule has 4 aromatic rings. The number of rotatable bonds is 4. The molecule has 9 nitrogen and oxygen atoms in total. The van der Waals surface area contributed by atoms with Gasteiger partial charge < -0.3 is 25.0 Å². The summed E-state index contributed by atoms with van der Waals surface area (Å²) in [5, 5.41) is 5.65. The molecule has 1 saturated heterocycles. The Hall–Kier alpha value is -4.01. The summed E-state index contributed by atoms with van der Waals surface area (Å²) < 4.78 is 12.6. The molecular formula is C27H32N6O3. The molecule has 2 N–H and O–H groups in total. The Morgan fingerprint density at radius 1 is 1.06 bits per heavy atom. The maximum absolute atomic E-state index is 12.3. The van der Waals surface area contributed by atoms with Crippen LogP contribution < -0.4 is 15.4 Å². The van der Waals surface area contributed by atoms with E-state index < -0.39 is 5.60 Å². The Kier molecular flexibility index (Phi) is 6.07. The predicted octanol–water partition coefficient (Wildman–Crippen LogP) is 4.12. The summed E-state index contributed by atoms with van der Waals surface area (Å²) in [5.41, 5.74) is 10.6. The highest BCUT2D eigenvalue weighted by Crippen LogP contribution is 2.29. The zero-order chi connectivity index (χ0) is 25.4. The molecule has 3 heterocycles. The average Bonchev–Trinajstić information content (AvgIpc) is 3.28. The molecule has 1 aliphatic rings. The number of hydrogen-bond acceptors (Lipinski definition) is 7. The van der Waals surface area contributed by atoms with Crippen LogP contribution in [0.3, 0.4) is 0 Å². The summed E-state index contributed by atoms with van der Waals surface area (Å²) in [4.78, 5) is 20.9. The molecule has 0 saturated carbocycles. The van der Waals surface area contributed by atoms with Crippen LogP contribution in [0.4, 0.5) is 16.4 Å². The van der Waals surface area contributed by atoms with Crippen LogP contribution in [0.5, 0.6) is 5.75 Å². The van der Waals surface area contributed by atoms with E-state index in [2.05, 4.69) is 40.2 Å². The molecule has 5 rings (SSSR count). The van der Waals surface area contributed by atoms with Gasteiger partial charge in [-0.2, -0.15) is 9.61 Å². The van der Waals surface area contributed by atoms with E-state index in [4.69, 9.17) is 20.3 Å². The van der Waals surface area contributed by atoms with Crippen molar-refractivity contribution in [3.8, 4) is 5.75 Å². The first-order chi connectivity index (χ1) is 17.2. The number of amides is 1. The topological polar surface area (TPSA) is 98.2 Å². The lowest BCUT2D eigenvalue weighted by molar-refractivity contribution is 0.0240. The third-order valence-corrected chi connectivity index (χ3v) is 6.32. The van der Waals surface area contributed by atoms with Crippen molar-refractivity contribution < 1.29 is 14.3 Å². The van der Waals surface area contributed by atoms with Gasteiger partial charge in [-0.15, -0.1) is 0 Å². The molecule has 2 aromatic carbocycles.